The third-order valence-electron chi connectivity index (χ3n) is 2.82. The number of hydrogen-bond donors (Lipinski definition) is 1. The van der Waals surface area contributed by atoms with Crippen molar-refractivity contribution in [3.8, 4) is 0 Å². The van der Waals surface area contributed by atoms with Crippen LogP contribution in [0.4, 0.5) is 0 Å². The van der Waals surface area contributed by atoms with Crippen molar-refractivity contribution >= 4 is 10.0 Å². The third-order valence-corrected chi connectivity index (χ3v) is 4.25. The average molecular weight is 291 g/mol. The number of hydrogen-bond acceptors (Lipinski definition) is 4. The largest absolute Gasteiger partial charge is 0.261 e. The zero-order valence-corrected chi connectivity index (χ0v) is 12.3. The Balaban J connectivity index is 2.08. The predicted octanol–water partition coefficient (Wildman–Crippen LogP) is 1.97. The van der Waals surface area contributed by atoms with Gasteiger partial charge in [-0.1, -0.05) is 29.8 Å². The van der Waals surface area contributed by atoms with E-state index in [0.29, 0.717) is 5.69 Å². The van der Waals surface area contributed by atoms with Crippen molar-refractivity contribution in [2.24, 2.45) is 0 Å². The lowest BCUT2D eigenvalue weighted by atomic mass is 10.2. The minimum atomic E-state index is -3.42. The van der Waals surface area contributed by atoms with Gasteiger partial charge < -0.3 is 0 Å². The van der Waals surface area contributed by atoms with Crippen molar-refractivity contribution in [2.75, 3.05) is 0 Å². The Morgan fingerprint density at radius 2 is 2.10 bits per heavy atom. The van der Waals surface area contributed by atoms with Gasteiger partial charge in [-0.05, 0) is 19.4 Å². The molecule has 0 unspecified atom stereocenters. The number of aromatic nitrogens is 2. The number of nitrogens with zero attached hydrogens (tertiary/aromatic N) is 2. The highest BCUT2D eigenvalue weighted by atomic mass is 32.2. The average Bonchev–Trinajstić information content (AvgIpc) is 2.38. The molecule has 0 fully saturated rings. The van der Waals surface area contributed by atoms with Crippen LogP contribution >= 0.6 is 0 Å². The standard InChI is InChI=1S/C14H17N3O2S/c1-11-4-3-5-13(8-11)10-20(18,19)17-12(2)14-9-15-6-7-16-14/h3-9,12,17H,10H2,1-2H3/t12-/m1/s1. The molecule has 0 spiro atoms. The van der Waals surface area contributed by atoms with Gasteiger partial charge in [0.1, 0.15) is 0 Å². The van der Waals surface area contributed by atoms with E-state index < -0.39 is 16.1 Å². The van der Waals surface area contributed by atoms with Crippen LogP contribution in [0.2, 0.25) is 0 Å². The molecule has 0 saturated carbocycles. The van der Waals surface area contributed by atoms with E-state index in [1.807, 2.05) is 25.1 Å². The first-order valence-electron chi connectivity index (χ1n) is 6.28. The fourth-order valence-corrected chi connectivity index (χ4v) is 3.29. The van der Waals surface area contributed by atoms with E-state index in [0.717, 1.165) is 11.1 Å². The van der Waals surface area contributed by atoms with Crippen molar-refractivity contribution in [1.82, 2.24) is 14.7 Å². The first kappa shape index (κ1) is 14.6. The Hall–Kier alpha value is -1.79. The minimum Gasteiger partial charge on any atom is -0.261 e. The van der Waals surface area contributed by atoms with Gasteiger partial charge in [0.2, 0.25) is 10.0 Å². The molecule has 1 aromatic carbocycles. The fourth-order valence-electron chi connectivity index (χ4n) is 1.93. The van der Waals surface area contributed by atoms with E-state index >= 15 is 0 Å². The lowest BCUT2D eigenvalue weighted by molar-refractivity contribution is 0.562. The number of aryl methyl sites for hydroxylation is 1. The smallest absolute Gasteiger partial charge is 0.216 e. The van der Waals surface area contributed by atoms with Crippen LogP contribution in [0.25, 0.3) is 0 Å². The summed E-state index contributed by atoms with van der Waals surface area (Å²) in [6, 6.07) is 7.06. The molecule has 2 aromatic rings. The van der Waals surface area contributed by atoms with Gasteiger partial charge in [0.05, 0.1) is 17.5 Å². The van der Waals surface area contributed by atoms with Crippen molar-refractivity contribution in [3.05, 3.63) is 59.7 Å². The number of rotatable bonds is 5. The summed E-state index contributed by atoms with van der Waals surface area (Å²) >= 11 is 0. The van der Waals surface area contributed by atoms with Gasteiger partial charge in [-0.2, -0.15) is 0 Å². The summed E-state index contributed by atoms with van der Waals surface area (Å²) in [5.41, 5.74) is 2.41. The summed E-state index contributed by atoms with van der Waals surface area (Å²) in [5, 5.41) is 0. The van der Waals surface area contributed by atoms with Gasteiger partial charge >= 0.3 is 0 Å². The Morgan fingerprint density at radius 3 is 2.75 bits per heavy atom. The molecule has 0 saturated heterocycles. The lowest BCUT2D eigenvalue weighted by Crippen LogP contribution is -2.28. The molecule has 0 aliphatic heterocycles. The molecule has 0 aliphatic carbocycles. The summed E-state index contributed by atoms with van der Waals surface area (Å²) < 4.78 is 26.9. The topological polar surface area (TPSA) is 72.0 Å². The van der Waals surface area contributed by atoms with Gasteiger partial charge in [-0.25, -0.2) is 13.1 Å². The van der Waals surface area contributed by atoms with Crippen LogP contribution in [0, 0.1) is 6.92 Å². The summed E-state index contributed by atoms with van der Waals surface area (Å²) in [5.74, 6) is -0.0424. The minimum absolute atomic E-state index is 0.0424. The number of sulfonamides is 1. The monoisotopic (exact) mass is 291 g/mol. The van der Waals surface area contributed by atoms with E-state index in [9.17, 15) is 8.42 Å². The quantitative estimate of drug-likeness (QED) is 0.914. The molecule has 1 N–H and O–H groups in total. The van der Waals surface area contributed by atoms with Gasteiger partial charge in [-0.15, -0.1) is 0 Å². The highest BCUT2D eigenvalue weighted by Crippen LogP contribution is 2.12. The summed E-state index contributed by atoms with van der Waals surface area (Å²) in [6.45, 7) is 3.68. The maximum absolute atomic E-state index is 12.1. The molecule has 6 heteroatoms. The van der Waals surface area contributed by atoms with Gasteiger partial charge in [0.15, 0.2) is 0 Å². The van der Waals surface area contributed by atoms with E-state index in [4.69, 9.17) is 0 Å². The van der Waals surface area contributed by atoms with E-state index in [-0.39, 0.29) is 5.75 Å². The molecule has 0 aliphatic rings. The number of benzene rings is 1. The van der Waals surface area contributed by atoms with Crippen LogP contribution in [-0.2, 0) is 15.8 Å². The zero-order valence-electron chi connectivity index (χ0n) is 11.4. The molecule has 1 heterocycles. The Morgan fingerprint density at radius 1 is 1.30 bits per heavy atom. The highest BCUT2D eigenvalue weighted by Gasteiger charge is 2.17. The molecule has 2 rings (SSSR count). The van der Waals surface area contributed by atoms with Crippen LogP contribution in [0.3, 0.4) is 0 Å². The van der Waals surface area contributed by atoms with Gasteiger partial charge in [0, 0.05) is 18.6 Å². The van der Waals surface area contributed by atoms with Gasteiger partial charge in [-0.3, -0.25) is 9.97 Å². The molecule has 0 amide bonds. The number of nitrogens with one attached hydrogen (secondary N) is 1. The second-order valence-corrected chi connectivity index (χ2v) is 6.47. The van der Waals surface area contributed by atoms with Crippen molar-refractivity contribution < 1.29 is 8.42 Å². The second kappa shape index (κ2) is 6.11. The van der Waals surface area contributed by atoms with Crippen molar-refractivity contribution in [1.29, 1.82) is 0 Å². The normalized spacial score (nSPS) is 13.1. The Kier molecular flexibility index (Phi) is 4.46. The highest BCUT2D eigenvalue weighted by molar-refractivity contribution is 7.88. The Bertz CT molecular complexity index is 672. The maximum atomic E-state index is 12.1. The van der Waals surface area contributed by atoms with Crippen LogP contribution < -0.4 is 4.72 Å². The van der Waals surface area contributed by atoms with Crippen LogP contribution in [0.15, 0.2) is 42.9 Å². The van der Waals surface area contributed by atoms with Crippen LogP contribution in [0.1, 0.15) is 29.8 Å². The molecule has 1 atom stereocenters. The Labute approximate surface area is 119 Å². The fraction of sp³-hybridized carbons (Fsp3) is 0.286. The summed E-state index contributed by atoms with van der Waals surface area (Å²) in [4.78, 5) is 8.03. The molecule has 5 nitrogen and oxygen atoms in total. The first-order chi connectivity index (χ1) is 9.46. The third kappa shape index (κ3) is 4.11. The molecule has 0 bridgehead atoms. The lowest BCUT2D eigenvalue weighted by Gasteiger charge is -2.13. The molecule has 106 valence electrons. The first-order valence-corrected chi connectivity index (χ1v) is 7.93. The molecular weight excluding hydrogens is 274 g/mol. The van der Waals surface area contributed by atoms with E-state index in [2.05, 4.69) is 14.7 Å². The second-order valence-electron chi connectivity index (χ2n) is 4.72. The molecule has 0 radical (unpaired) electrons. The SMILES string of the molecule is Cc1cccc(CS(=O)(=O)N[C@H](C)c2cnccn2)c1. The maximum Gasteiger partial charge on any atom is 0.216 e. The predicted molar refractivity (Wildman–Crippen MR) is 77.4 cm³/mol. The van der Waals surface area contributed by atoms with Gasteiger partial charge in [0.25, 0.3) is 0 Å². The van der Waals surface area contributed by atoms with Crippen molar-refractivity contribution in [2.45, 2.75) is 25.6 Å². The van der Waals surface area contributed by atoms with Crippen LogP contribution in [0.5, 0.6) is 0 Å². The molecule has 20 heavy (non-hydrogen) atoms. The summed E-state index contributed by atoms with van der Waals surface area (Å²) in [7, 11) is -3.42. The van der Waals surface area contributed by atoms with Crippen LogP contribution in [-0.4, -0.2) is 18.4 Å². The van der Waals surface area contributed by atoms with Crippen molar-refractivity contribution in [3.63, 3.8) is 0 Å². The molecular formula is C14H17N3O2S. The van der Waals surface area contributed by atoms with E-state index in [1.54, 1.807) is 31.6 Å². The zero-order chi connectivity index (χ0) is 14.6. The molecule has 1 aromatic heterocycles. The van der Waals surface area contributed by atoms with E-state index in [1.165, 1.54) is 0 Å². The summed E-state index contributed by atoms with van der Waals surface area (Å²) in [6.07, 6.45) is 4.65.